The van der Waals surface area contributed by atoms with Gasteiger partial charge in [-0.25, -0.2) is 9.80 Å². The van der Waals surface area contributed by atoms with Crippen molar-refractivity contribution in [1.29, 1.82) is 0 Å². The van der Waals surface area contributed by atoms with Crippen molar-refractivity contribution < 1.29 is 19.1 Å². The Kier molecular flexibility index (Phi) is 3.95. The second-order valence-electron chi connectivity index (χ2n) is 6.97. The minimum absolute atomic E-state index is 0.189. The number of hydrogen-bond acceptors (Lipinski definition) is 5. The Hall–Kier alpha value is -2.41. The molecule has 1 spiro atoms. The zero-order valence-electron chi connectivity index (χ0n) is 14.0. The maximum Gasteiger partial charge on any atom is 0.429 e. The smallest absolute Gasteiger partial charge is 0.429 e. The van der Waals surface area contributed by atoms with E-state index in [0.29, 0.717) is 12.8 Å². The third kappa shape index (κ3) is 2.78. The van der Waals surface area contributed by atoms with Gasteiger partial charge in [-0.05, 0) is 31.5 Å². The van der Waals surface area contributed by atoms with Crippen LogP contribution in [0.3, 0.4) is 0 Å². The van der Waals surface area contributed by atoms with Crippen LogP contribution in [0.5, 0.6) is 0 Å². The standard InChI is InChI=1S/C18H21N3O4/c22-15-12-18(16(23)21(15)20-10-11-25-17(20)24)6-8-19(9-7-18)13-14-4-2-1-3-5-14/h1-5H,6-13H2. The van der Waals surface area contributed by atoms with Crippen molar-refractivity contribution in [1.82, 2.24) is 14.9 Å². The van der Waals surface area contributed by atoms with E-state index >= 15 is 0 Å². The third-order valence-corrected chi connectivity index (χ3v) is 5.41. The molecule has 0 atom stereocenters. The number of rotatable bonds is 3. The van der Waals surface area contributed by atoms with Crippen LogP contribution >= 0.6 is 0 Å². The quantitative estimate of drug-likeness (QED) is 0.776. The van der Waals surface area contributed by atoms with Crippen LogP contribution in [-0.4, -0.2) is 59.1 Å². The van der Waals surface area contributed by atoms with Gasteiger partial charge in [-0.3, -0.25) is 14.5 Å². The van der Waals surface area contributed by atoms with Gasteiger partial charge in [0.25, 0.3) is 5.91 Å². The van der Waals surface area contributed by atoms with Crippen LogP contribution in [0.2, 0.25) is 0 Å². The minimum atomic E-state index is -0.660. The summed E-state index contributed by atoms with van der Waals surface area (Å²) in [6, 6.07) is 10.2. The largest absolute Gasteiger partial charge is 0.446 e. The number of amides is 3. The molecular weight excluding hydrogens is 322 g/mol. The summed E-state index contributed by atoms with van der Waals surface area (Å²) in [5.74, 6) is -0.531. The summed E-state index contributed by atoms with van der Waals surface area (Å²) in [6.45, 7) is 2.86. The van der Waals surface area contributed by atoms with Crippen molar-refractivity contribution in [3.05, 3.63) is 35.9 Å². The Labute approximate surface area is 146 Å². The number of carbonyl (C=O) groups is 3. The van der Waals surface area contributed by atoms with Crippen LogP contribution in [0.1, 0.15) is 24.8 Å². The van der Waals surface area contributed by atoms with E-state index in [9.17, 15) is 14.4 Å². The number of nitrogens with zero attached hydrogens (tertiary/aromatic N) is 3. The molecule has 3 aliphatic rings. The lowest BCUT2D eigenvalue weighted by atomic mass is 9.77. The lowest BCUT2D eigenvalue weighted by molar-refractivity contribution is -0.155. The van der Waals surface area contributed by atoms with Crippen LogP contribution in [0.15, 0.2) is 30.3 Å². The van der Waals surface area contributed by atoms with Gasteiger partial charge in [-0.2, -0.15) is 5.01 Å². The first kappa shape index (κ1) is 16.1. The van der Waals surface area contributed by atoms with Crippen molar-refractivity contribution in [2.24, 2.45) is 5.41 Å². The normalized spacial score (nSPS) is 23.6. The number of ether oxygens (including phenoxy) is 1. The number of carbonyl (C=O) groups excluding carboxylic acids is 3. The maximum atomic E-state index is 12.9. The second kappa shape index (κ2) is 6.15. The number of cyclic esters (lactones) is 1. The molecule has 1 aromatic carbocycles. The van der Waals surface area contributed by atoms with Gasteiger partial charge in [0.1, 0.15) is 6.61 Å². The number of likely N-dealkylation sites (tertiary alicyclic amines) is 1. The fourth-order valence-electron chi connectivity index (χ4n) is 3.96. The molecule has 3 saturated heterocycles. The molecular formula is C18H21N3O4. The van der Waals surface area contributed by atoms with Gasteiger partial charge in [-0.1, -0.05) is 30.3 Å². The molecule has 3 aliphatic heterocycles. The van der Waals surface area contributed by atoms with E-state index in [1.165, 1.54) is 5.56 Å². The number of hydrazine groups is 1. The fourth-order valence-corrected chi connectivity index (χ4v) is 3.96. The molecule has 4 rings (SSSR count). The van der Waals surface area contributed by atoms with Gasteiger partial charge < -0.3 is 4.74 Å². The van der Waals surface area contributed by atoms with Gasteiger partial charge in [0.05, 0.1) is 12.0 Å². The van der Waals surface area contributed by atoms with Crippen molar-refractivity contribution in [2.75, 3.05) is 26.2 Å². The number of hydrogen-bond donors (Lipinski definition) is 0. The summed E-state index contributed by atoms with van der Waals surface area (Å²) >= 11 is 0. The average molecular weight is 343 g/mol. The van der Waals surface area contributed by atoms with Crippen LogP contribution in [-0.2, 0) is 20.9 Å². The predicted molar refractivity (Wildman–Crippen MR) is 87.9 cm³/mol. The first-order valence-corrected chi connectivity index (χ1v) is 8.67. The molecule has 132 valence electrons. The average Bonchev–Trinajstić information content (AvgIpc) is 3.12. The van der Waals surface area contributed by atoms with Crippen LogP contribution in [0.4, 0.5) is 4.79 Å². The van der Waals surface area contributed by atoms with Gasteiger partial charge in [0.15, 0.2) is 0 Å². The SMILES string of the molecule is O=C1OCCN1N1C(=O)CC2(CCN(Cc3ccccc3)CC2)C1=O. The lowest BCUT2D eigenvalue weighted by Crippen LogP contribution is -2.50. The first-order chi connectivity index (χ1) is 12.1. The molecule has 25 heavy (non-hydrogen) atoms. The molecule has 7 nitrogen and oxygen atoms in total. The van der Waals surface area contributed by atoms with Gasteiger partial charge >= 0.3 is 6.09 Å². The summed E-state index contributed by atoms with van der Waals surface area (Å²) in [5, 5.41) is 2.18. The van der Waals surface area contributed by atoms with E-state index in [-0.39, 0.29) is 31.4 Å². The summed E-state index contributed by atoms with van der Waals surface area (Å²) < 4.78 is 4.87. The minimum Gasteiger partial charge on any atom is -0.446 e. The Bertz CT molecular complexity index is 698. The van der Waals surface area contributed by atoms with E-state index < -0.39 is 11.5 Å². The molecule has 0 radical (unpaired) electrons. The molecule has 0 bridgehead atoms. The van der Waals surface area contributed by atoms with Crippen molar-refractivity contribution in [3.8, 4) is 0 Å². The Morgan fingerprint density at radius 1 is 1.00 bits per heavy atom. The third-order valence-electron chi connectivity index (χ3n) is 5.41. The van der Waals surface area contributed by atoms with Crippen molar-refractivity contribution in [2.45, 2.75) is 25.8 Å². The second-order valence-corrected chi connectivity index (χ2v) is 6.97. The van der Waals surface area contributed by atoms with Crippen molar-refractivity contribution >= 4 is 17.9 Å². The fraction of sp³-hybridized carbons (Fsp3) is 0.500. The lowest BCUT2D eigenvalue weighted by Gasteiger charge is -2.37. The topological polar surface area (TPSA) is 70.2 Å². The Morgan fingerprint density at radius 3 is 2.36 bits per heavy atom. The Balaban J connectivity index is 1.43. The molecule has 0 unspecified atom stereocenters. The van der Waals surface area contributed by atoms with E-state index in [4.69, 9.17) is 4.74 Å². The van der Waals surface area contributed by atoms with Crippen molar-refractivity contribution in [3.63, 3.8) is 0 Å². The number of benzene rings is 1. The molecule has 3 fully saturated rings. The predicted octanol–water partition coefficient (Wildman–Crippen LogP) is 1.39. The van der Waals surface area contributed by atoms with E-state index in [0.717, 1.165) is 29.7 Å². The first-order valence-electron chi connectivity index (χ1n) is 8.67. The highest BCUT2D eigenvalue weighted by atomic mass is 16.6. The van der Waals surface area contributed by atoms with E-state index in [2.05, 4.69) is 17.0 Å². The highest BCUT2D eigenvalue weighted by Gasteiger charge is 2.55. The van der Waals surface area contributed by atoms with Crippen LogP contribution < -0.4 is 0 Å². The molecule has 3 heterocycles. The monoisotopic (exact) mass is 343 g/mol. The zero-order valence-corrected chi connectivity index (χ0v) is 14.0. The van der Waals surface area contributed by atoms with Gasteiger partial charge in [-0.15, -0.1) is 0 Å². The molecule has 1 aromatic rings. The molecule has 3 amide bonds. The summed E-state index contributed by atoms with van der Waals surface area (Å²) in [4.78, 5) is 39.4. The summed E-state index contributed by atoms with van der Waals surface area (Å²) in [7, 11) is 0. The van der Waals surface area contributed by atoms with E-state index in [1.807, 2.05) is 18.2 Å². The molecule has 0 saturated carbocycles. The molecule has 0 N–H and O–H groups in total. The number of imide groups is 1. The molecule has 0 aliphatic carbocycles. The maximum absolute atomic E-state index is 12.9. The summed E-state index contributed by atoms with van der Waals surface area (Å²) in [6.07, 6.45) is 0.864. The van der Waals surface area contributed by atoms with Crippen LogP contribution in [0.25, 0.3) is 0 Å². The summed E-state index contributed by atoms with van der Waals surface area (Å²) in [5.41, 5.74) is 0.585. The van der Waals surface area contributed by atoms with Crippen LogP contribution in [0, 0.1) is 5.41 Å². The van der Waals surface area contributed by atoms with Gasteiger partial charge in [0.2, 0.25) is 5.91 Å². The zero-order chi connectivity index (χ0) is 17.4. The van der Waals surface area contributed by atoms with Gasteiger partial charge in [0, 0.05) is 13.0 Å². The molecule has 0 aromatic heterocycles. The molecule has 7 heteroatoms. The number of piperidine rings is 1. The Morgan fingerprint density at radius 2 is 1.72 bits per heavy atom. The van der Waals surface area contributed by atoms with E-state index in [1.54, 1.807) is 0 Å². The highest BCUT2D eigenvalue weighted by Crippen LogP contribution is 2.43. The highest BCUT2D eigenvalue weighted by molar-refractivity contribution is 6.06.